The molecule has 0 spiro atoms. The molecule has 0 unspecified atom stereocenters. The Balaban J connectivity index is 2.02. The van der Waals surface area contributed by atoms with E-state index in [2.05, 4.69) is 21.8 Å². The van der Waals surface area contributed by atoms with Crippen LogP contribution in [0.3, 0.4) is 0 Å². The van der Waals surface area contributed by atoms with Gasteiger partial charge in [0.05, 0.1) is 24.8 Å². The predicted molar refractivity (Wildman–Crippen MR) is 86.6 cm³/mol. The molecule has 2 heterocycles. The molecule has 2 aromatic heterocycles. The average molecular weight is 313 g/mol. The monoisotopic (exact) mass is 312 g/mol. The highest BCUT2D eigenvalue weighted by atomic mass is 35.5. The van der Waals surface area contributed by atoms with Crippen LogP contribution in [0.5, 0.6) is 11.5 Å². The van der Waals surface area contributed by atoms with Gasteiger partial charge in [0.1, 0.15) is 17.1 Å². The first kappa shape index (κ1) is 14.3. The summed E-state index contributed by atoms with van der Waals surface area (Å²) in [6, 6.07) is 7.35. The number of nitrogens with zero attached hydrogens (tertiary/aromatic N) is 1. The largest absolute Gasteiger partial charge is 0.497 e. The van der Waals surface area contributed by atoms with Gasteiger partial charge in [-0.15, -0.1) is 0 Å². The maximum absolute atomic E-state index is 6.35. The summed E-state index contributed by atoms with van der Waals surface area (Å²) >= 11 is 6.35. The lowest BCUT2D eigenvalue weighted by Crippen LogP contribution is -1.89. The van der Waals surface area contributed by atoms with Gasteiger partial charge in [-0.2, -0.15) is 0 Å². The van der Waals surface area contributed by atoms with Crippen molar-refractivity contribution >= 4 is 22.6 Å². The summed E-state index contributed by atoms with van der Waals surface area (Å²) in [5, 5.41) is 1.45. The highest BCUT2D eigenvalue weighted by molar-refractivity contribution is 6.36. The molecular weight excluding hydrogens is 300 g/mol. The minimum atomic E-state index is 0.591. The molecule has 0 amide bonds. The Hall–Kier alpha value is -2.64. The molecule has 0 aliphatic carbocycles. The van der Waals surface area contributed by atoms with Gasteiger partial charge in [-0.3, -0.25) is 0 Å². The van der Waals surface area contributed by atoms with Crippen LogP contribution in [0, 0.1) is 11.8 Å². The standard InChI is InChI=1S/C17H13ClN2O2/c1-21-13-7-11(8-14(9-13)22-2)3-4-12-10-20-17-15(16(12)18)5-6-19-17/h5-10H,1-2H3,(H,19,20). The van der Waals surface area contributed by atoms with Crippen molar-refractivity contribution in [3.05, 3.63) is 52.8 Å². The van der Waals surface area contributed by atoms with Crippen LogP contribution < -0.4 is 9.47 Å². The van der Waals surface area contributed by atoms with Crippen molar-refractivity contribution in [2.45, 2.75) is 0 Å². The van der Waals surface area contributed by atoms with Crippen molar-refractivity contribution in [2.75, 3.05) is 14.2 Å². The van der Waals surface area contributed by atoms with Crippen LogP contribution in [0.1, 0.15) is 11.1 Å². The summed E-state index contributed by atoms with van der Waals surface area (Å²) in [5.74, 6) is 7.49. The molecule has 0 bridgehead atoms. The van der Waals surface area contributed by atoms with Gasteiger partial charge in [-0.05, 0) is 18.2 Å². The number of benzene rings is 1. The first-order chi connectivity index (χ1) is 10.7. The Bertz CT molecular complexity index is 868. The molecule has 0 radical (unpaired) electrons. The first-order valence-electron chi connectivity index (χ1n) is 6.58. The van der Waals surface area contributed by atoms with Crippen LogP contribution >= 0.6 is 11.6 Å². The van der Waals surface area contributed by atoms with Gasteiger partial charge in [-0.1, -0.05) is 23.4 Å². The summed E-state index contributed by atoms with van der Waals surface area (Å²) in [7, 11) is 3.21. The SMILES string of the molecule is COc1cc(C#Cc2cnc3[nH]ccc3c2Cl)cc(OC)c1. The molecule has 0 aliphatic heterocycles. The number of ether oxygens (including phenoxy) is 2. The van der Waals surface area contributed by atoms with E-state index in [1.165, 1.54) is 0 Å². The molecule has 0 saturated carbocycles. The summed E-state index contributed by atoms with van der Waals surface area (Å²) in [5.41, 5.74) is 2.20. The Labute approximate surface area is 133 Å². The topological polar surface area (TPSA) is 47.1 Å². The molecule has 3 rings (SSSR count). The normalized spacial score (nSPS) is 10.1. The van der Waals surface area contributed by atoms with E-state index in [-0.39, 0.29) is 0 Å². The maximum Gasteiger partial charge on any atom is 0.138 e. The number of hydrogen-bond acceptors (Lipinski definition) is 3. The number of pyridine rings is 1. The lowest BCUT2D eigenvalue weighted by Gasteiger charge is -2.04. The first-order valence-corrected chi connectivity index (χ1v) is 6.95. The van der Waals surface area contributed by atoms with Crippen molar-refractivity contribution in [3.63, 3.8) is 0 Å². The molecule has 0 aliphatic rings. The van der Waals surface area contributed by atoms with Crippen LogP contribution in [-0.2, 0) is 0 Å². The molecule has 3 aromatic rings. The third kappa shape index (κ3) is 2.72. The Morgan fingerprint density at radius 2 is 1.82 bits per heavy atom. The second kappa shape index (κ2) is 6.00. The van der Waals surface area contributed by atoms with Crippen molar-refractivity contribution < 1.29 is 9.47 Å². The zero-order chi connectivity index (χ0) is 15.5. The minimum absolute atomic E-state index is 0.591. The van der Waals surface area contributed by atoms with Gasteiger partial charge in [0.25, 0.3) is 0 Å². The number of methoxy groups -OCH3 is 2. The lowest BCUT2D eigenvalue weighted by atomic mass is 10.1. The zero-order valence-corrected chi connectivity index (χ0v) is 12.9. The van der Waals surface area contributed by atoms with Gasteiger partial charge in [-0.25, -0.2) is 4.98 Å². The maximum atomic E-state index is 6.35. The second-order valence-corrected chi connectivity index (χ2v) is 4.96. The molecule has 0 saturated heterocycles. The molecule has 0 atom stereocenters. The molecule has 1 aromatic carbocycles. The van der Waals surface area contributed by atoms with Crippen molar-refractivity contribution in [1.29, 1.82) is 0 Å². The van der Waals surface area contributed by atoms with E-state index in [0.29, 0.717) is 22.1 Å². The second-order valence-electron chi connectivity index (χ2n) is 4.58. The van der Waals surface area contributed by atoms with Crippen molar-refractivity contribution in [3.8, 4) is 23.3 Å². The summed E-state index contributed by atoms with van der Waals surface area (Å²) in [6.45, 7) is 0. The van der Waals surface area contributed by atoms with E-state index in [1.54, 1.807) is 32.7 Å². The van der Waals surface area contributed by atoms with E-state index in [1.807, 2.05) is 18.2 Å². The van der Waals surface area contributed by atoms with E-state index >= 15 is 0 Å². The number of aromatic amines is 1. The van der Waals surface area contributed by atoms with Crippen LogP contribution in [0.25, 0.3) is 11.0 Å². The highest BCUT2D eigenvalue weighted by Gasteiger charge is 2.05. The Morgan fingerprint density at radius 3 is 2.50 bits per heavy atom. The van der Waals surface area contributed by atoms with E-state index in [4.69, 9.17) is 21.1 Å². The smallest absolute Gasteiger partial charge is 0.138 e. The molecule has 0 fully saturated rings. The molecule has 4 nitrogen and oxygen atoms in total. The van der Waals surface area contributed by atoms with Crippen LogP contribution in [0.4, 0.5) is 0 Å². The van der Waals surface area contributed by atoms with E-state index < -0.39 is 0 Å². The number of aromatic nitrogens is 2. The van der Waals surface area contributed by atoms with Crippen molar-refractivity contribution in [1.82, 2.24) is 9.97 Å². The molecule has 110 valence electrons. The Morgan fingerprint density at radius 1 is 1.09 bits per heavy atom. The van der Waals surface area contributed by atoms with Crippen molar-refractivity contribution in [2.24, 2.45) is 0 Å². The fourth-order valence-corrected chi connectivity index (χ4v) is 2.33. The number of nitrogens with one attached hydrogen (secondary N) is 1. The zero-order valence-electron chi connectivity index (χ0n) is 12.1. The van der Waals surface area contributed by atoms with Gasteiger partial charge in [0.2, 0.25) is 0 Å². The van der Waals surface area contributed by atoms with E-state index in [0.717, 1.165) is 16.6 Å². The van der Waals surface area contributed by atoms with Crippen LogP contribution in [-0.4, -0.2) is 24.2 Å². The fraction of sp³-hybridized carbons (Fsp3) is 0.118. The van der Waals surface area contributed by atoms with Crippen LogP contribution in [0.2, 0.25) is 5.02 Å². The number of hydrogen-bond donors (Lipinski definition) is 1. The molecule has 22 heavy (non-hydrogen) atoms. The average Bonchev–Trinajstić information content (AvgIpc) is 3.03. The third-order valence-corrected chi connectivity index (χ3v) is 3.62. The lowest BCUT2D eigenvalue weighted by molar-refractivity contribution is 0.394. The predicted octanol–water partition coefficient (Wildman–Crippen LogP) is 3.63. The quantitative estimate of drug-likeness (QED) is 0.735. The summed E-state index contributed by atoms with van der Waals surface area (Å²) in [6.07, 6.45) is 3.46. The highest BCUT2D eigenvalue weighted by Crippen LogP contribution is 2.25. The number of fused-ring (bicyclic) bond motifs is 1. The molecular formula is C17H13ClN2O2. The number of rotatable bonds is 2. The molecule has 5 heteroatoms. The fourth-order valence-electron chi connectivity index (χ4n) is 2.08. The van der Waals surface area contributed by atoms with Crippen LogP contribution in [0.15, 0.2) is 36.7 Å². The van der Waals surface area contributed by atoms with E-state index in [9.17, 15) is 0 Å². The van der Waals surface area contributed by atoms with Gasteiger partial charge in [0, 0.05) is 29.4 Å². The Kier molecular flexibility index (Phi) is 3.90. The number of halogens is 1. The summed E-state index contributed by atoms with van der Waals surface area (Å²) < 4.78 is 10.5. The summed E-state index contributed by atoms with van der Waals surface area (Å²) in [4.78, 5) is 7.30. The minimum Gasteiger partial charge on any atom is -0.497 e. The number of H-pyrrole nitrogens is 1. The third-order valence-electron chi connectivity index (χ3n) is 3.21. The van der Waals surface area contributed by atoms with Gasteiger partial charge >= 0.3 is 0 Å². The van der Waals surface area contributed by atoms with Gasteiger partial charge < -0.3 is 14.5 Å². The molecule has 1 N–H and O–H groups in total. The van der Waals surface area contributed by atoms with Gasteiger partial charge in [0.15, 0.2) is 0 Å².